The molecule has 2 rings (SSSR count). The fourth-order valence-electron chi connectivity index (χ4n) is 1.92. The predicted octanol–water partition coefficient (Wildman–Crippen LogP) is 1.99. The van der Waals surface area contributed by atoms with Crippen LogP contribution in [0, 0.1) is 11.3 Å². The normalized spacial score (nSPS) is 19.5. The minimum Gasteiger partial charge on any atom is -0.310 e. The van der Waals surface area contributed by atoms with Gasteiger partial charge in [0.05, 0.1) is 11.3 Å². The molecule has 1 aromatic rings. The monoisotopic (exact) mass is 362 g/mol. The number of hydrogen-bond donors (Lipinski definition) is 0. The molecular formula is C11H8BrClN2O3S. The third-order valence-electron chi connectivity index (χ3n) is 2.86. The Kier molecular flexibility index (Phi) is 3.85. The zero-order valence-corrected chi connectivity index (χ0v) is 12.7. The van der Waals surface area contributed by atoms with Gasteiger partial charge in [0.15, 0.2) is 0 Å². The van der Waals surface area contributed by atoms with E-state index in [0.29, 0.717) is 15.7 Å². The van der Waals surface area contributed by atoms with Gasteiger partial charge in [-0.05, 0) is 18.2 Å². The van der Waals surface area contributed by atoms with Gasteiger partial charge in [-0.1, -0.05) is 15.9 Å². The van der Waals surface area contributed by atoms with Crippen molar-refractivity contribution in [2.24, 2.45) is 0 Å². The van der Waals surface area contributed by atoms with E-state index >= 15 is 0 Å². The summed E-state index contributed by atoms with van der Waals surface area (Å²) in [6, 6.07) is 6.83. The molecule has 1 unspecified atom stereocenters. The Morgan fingerprint density at radius 1 is 1.47 bits per heavy atom. The lowest BCUT2D eigenvalue weighted by molar-refractivity contribution is -0.117. The topological polar surface area (TPSA) is 78.2 Å². The van der Waals surface area contributed by atoms with E-state index in [2.05, 4.69) is 15.9 Å². The maximum absolute atomic E-state index is 11.9. The van der Waals surface area contributed by atoms with Crippen molar-refractivity contribution < 1.29 is 13.2 Å². The highest BCUT2D eigenvalue weighted by atomic mass is 79.9. The second kappa shape index (κ2) is 5.12. The Morgan fingerprint density at radius 3 is 2.68 bits per heavy atom. The van der Waals surface area contributed by atoms with Crippen molar-refractivity contribution in [3.63, 3.8) is 0 Å². The van der Waals surface area contributed by atoms with Crippen molar-refractivity contribution in [2.75, 3.05) is 11.4 Å². The highest BCUT2D eigenvalue weighted by Gasteiger charge is 2.38. The van der Waals surface area contributed by atoms with Crippen molar-refractivity contribution in [3.05, 3.63) is 28.2 Å². The number of benzene rings is 1. The molecule has 1 atom stereocenters. The first-order valence-corrected chi connectivity index (χ1v) is 8.43. The zero-order chi connectivity index (χ0) is 14.2. The summed E-state index contributed by atoms with van der Waals surface area (Å²) in [4.78, 5) is 13.2. The van der Waals surface area contributed by atoms with Crippen molar-refractivity contribution in [3.8, 4) is 6.07 Å². The van der Waals surface area contributed by atoms with Gasteiger partial charge in [0.2, 0.25) is 15.0 Å². The summed E-state index contributed by atoms with van der Waals surface area (Å²) in [5.74, 6) is -0.358. The van der Waals surface area contributed by atoms with E-state index in [1.807, 2.05) is 6.07 Å². The van der Waals surface area contributed by atoms with E-state index in [-0.39, 0.29) is 18.9 Å². The summed E-state index contributed by atoms with van der Waals surface area (Å²) in [5, 5.41) is 8.10. The van der Waals surface area contributed by atoms with Gasteiger partial charge in [-0.15, -0.1) is 0 Å². The van der Waals surface area contributed by atoms with Crippen molar-refractivity contribution in [2.45, 2.75) is 11.7 Å². The summed E-state index contributed by atoms with van der Waals surface area (Å²) in [6.45, 7) is -0.0319. The van der Waals surface area contributed by atoms with Crippen LogP contribution in [0.25, 0.3) is 0 Å². The van der Waals surface area contributed by atoms with E-state index in [9.17, 15) is 13.2 Å². The molecule has 0 N–H and O–H groups in total. The minimum absolute atomic E-state index is 0.0319. The van der Waals surface area contributed by atoms with Crippen LogP contribution >= 0.6 is 26.6 Å². The van der Waals surface area contributed by atoms with E-state index in [4.69, 9.17) is 15.9 Å². The Balaban J connectivity index is 2.42. The molecular weight excluding hydrogens is 356 g/mol. The molecule has 1 aliphatic rings. The Morgan fingerprint density at radius 2 is 2.16 bits per heavy atom. The number of nitriles is 1. The van der Waals surface area contributed by atoms with Gasteiger partial charge < -0.3 is 4.90 Å². The highest BCUT2D eigenvalue weighted by Crippen LogP contribution is 2.31. The lowest BCUT2D eigenvalue weighted by Gasteiger charge is -2.17. The van der Waals surface area contributed by atoms with Crippen molar-refractivity contribution >= 4 is 47.3 Å². The second-order valence-corrected chi connectivity index (χ2v) is 7.90. The molecule has 0 aliphatic carbocycles. The third kappa shape index (κ3) is 2.91. The van der Waals surface area contributed by atoms with Crippen LogP contribution in [0.4, 0.5) is 5.69 Å². The van der Waals surface area contributed by atoms with Gasteiger partial charge in [0, 0.05) is 28.1 Å². The van der Waals surface area contributed by atoms with E-state index < -0.39 is 14.3 Å². The first-order valence-electron chi connectivity index (χ1n) is 5.26. The second-order valence-electron chi connectivity index (χ2n) is 4.08. The summed E-state index contributed by atoms with van der Waals surface area (Å²) in [7, 11) is 1.49. The van der Waals surface area contributed by atoms with Crippen LogP contribution in [0.2, 0.25) is 0 Å². The molecule has 5 nitrogen and oxygen atoms in total. The van der Waals surface area contributed by atoms with Crippen molar-refractivity contribution in [1.29, 1.82) is 5.26 Å². The van der Waals surface area contributed by atoms with E-state index in [0.717, 1.165) is 0 Å². The Hall–Kier alpha value is -1.10. The molecule has 1 fully saturated rings. The first kappa shape index (κ1) is 14.3. The molecule has 19 heavy (non-hydrogen) atoms. The SMILES string of the molecule is N#Cc1ccc(Br)cc1N1CC(S(=O)(=O)Cl)CC1=O. The number of amides is 1. The smallest absolute Gasteiger partial charge is 0.237 e. The number of hydrogen-bond acceptors (Lipinski definition) is 4. The van der Waals surface area contributed by atoms with Crippen LogP contribution in [0.15, 0.2) is 22.7 Å². The maximum Gasteiger partial charge on any atom is 0.237 e. The molecule has 8 heteroatoms. The maximum atomic E-state index is 11.9. The van der Waals surface area contributed by atoms with Gasteiger partial charge in [0.1, 0.15) is 11.3 Å². The Labute approximate surface area is 123 Å². The lowest BCUT2D eigenvalue weighted by atomic mass is 10.2. The van der Waals surface area contributed by atoms with Crippen LogP contribution in [0.3, 0.4) is 0 Å². The quantitative estimate of drug-likeness (QED) is 0.753. The van der Waals surface area contributed by atoms with Crippen LogP contribution in [-0.2, 0) is 13.8 Å². The number of carbonyl (C=O) groups excluding carboxylic acids is 1. The molecule has 0 bridgehead atoms. The summed E-state index contributed by atoms with van der Waals surface area (Å²) < 4.78 is 23.3. The molecule has 0 radical (unpaired) electrons. The average Bonchev–Trinajstić information content (AvgIpc) is 2.71. The van der Waals surface area contributed by atoms with Crippen LogP contribution in [0.1, 0.15) is 12.0 Å². The largest absolute Gasteiger partial charge is 0.310 e. The van der Waals surface area contributed by atoms with Crippen LogP contribution in [0.5, 0.6) is 0 Å². The molecule has 0 spiro atoms. The van der Waals surface area contributed by atoms with Crippen molar-refractivity contribution in [1.82, 2.24) is 0 Å². The van der Waals surface area contributed by atoms with E-state index in [1.54, 1.807) is 18.2 Å². The Bertz CT molecular complexity index is 684. The van der Waals surface area contributed by atoms with Gasteiger partial charge in [-0.25, -0.2) is 8.42 Å². The summed E-state index contributed by atoms with van der Waals surface area (Å²) >= 11 is 3.26. The lowest BCUT2D eigenvalue weighted by Crippen LogP contribution is -2.27. The predicted molar refractivity (Wildman–Crippen MR) is 74.4 cm³/mol. The number of nitrogens with zero attached hydrogens (tertiary/aromatic N) is 2. The van der Waals surface area contributed by atoms with Crippen LogP contribution in [-0.4, -0.2) is 26.1 Å². The molecule has 1 heterocycles. The molecule has 0 saturated carbocycles. The molecule has 1 aromatic carbocycles. The highest BCUT2D eigenvalue weighted by molar-refractivity contribution is 9.10. The number of rotatable bonds is 2. The molecule has 1 saturated heterocycles. The van der Waals surface area contributed by atoms with Gasteiger partial charge in [0.25, 0.3) is 0 Å². The fraction of sp³-hybridized carbons (Fsp3) is 0.273. The molecule has 100 valence electrons. The van der Waals surface area contributed by atoms with Crippen LogP contribution < -0.4 is 4.90 Å². The number of carbonyl (C=O) groups is 1. The average molecular weight is 364 g/mol. The molecule has 1 aliphatic heterocycles. The number of halogens is 2. The first-order chi connectivity index (χ1) is 8.82. The molecule has 0 aromatic heterocycles. The fourth-order valence-corrected chi connectivity index (χ4v) is 3.29. The van der Waals surface area contributed by atoms with Gasteiger partial charge >= 0.3 is 0 Å². The van der Waals surface area contributed by atoms with E-state index in [1.165, 1.54) is 4.90 Å². The summed E-state index contributed by atoms with van der Waals surface area (Å²) in [6.07, 6.45) is -0.163. The zero-order valence-electron chi connectivity index (χ0n) is 9.51. The number of anilines is 1. The van der Waals surface area contributed by atoms with Gasteiger partial charge in [-0.3, -0.25) is 4.79 Å². The van der Waals surface area contributed by atoms with Gasteiger partial charge in [-0.2, -0.15) is 5.26 Å². The summed E-state index contributed by atoms with van der Waals surface area (Å²) in [5.41, 5.74) is 0.703. The minimum atomic E-state index is -3.79. The third-order valence-corrected chi connectivity index (χ3v) is 5.22. The standard InChI is InChI=1S/C11H8BrClN2O3S/c12-8-2-1-7(5-14)10(3-8)15-6-9(4-11(15)16)19(13,17)18/h1-3,9H,4,6H2. The molecule has 1 amide bonds.